The lowest BCUT2D eigenvalue weighted by molar-refractivity contribution is -0.139. The SMILES string of the molecule is COC(=O)Cc1csc(NS(=O)(=O)c2ccc(Br)s2)n1. The van der Waals surface area contributed by atoms with E-state index in [2.05, 4.69) is 30.4 Å². The fourth-order valence-electron chi connectivity index (χ4n) is 1.26. The summed E-state index contributed by atoms with van der Waals surface area (Å²) >= 11 is 5.43. The molecule has 0 bridgehead atoms. The van der Waals surface area contributed by atoms with Crippen LogP contribution in [0.25, 0.3) is 0 Å². The third-order valence-electron chi connectivity index (χ3n) is 2.14. The molecule has 0 radical (unpaired) electrons. The van der Waals surface area contributed by atoms with Crippen molar-refractivity contribution in [2.45, 2.75) is 10.6 Å². The summed E-state index contributed by atoms with van der Waals surface area (Å²) in [5, 5.41) is 1.83. The minimum Gasteiger partial charge on any atom is -0.469 e. The summed E-state index contributed by atoms with van der Waals surface area (Å²) in [5.74, 6) is -0.424. The van der Waals surface area contributed by atoms with Gasteiger partial charge in [0.15, 0.2) is 5.13 Å². The number of thiophene rings is 1. The zero-order valence-electron chi connectivity index (χ0n) is 10.1. The number of thiazole rings is 1. The van der Waals surface area contributed by atoms with Gasteiger partial charge in [-0.1, -0.05) is 0 Å². The number of halogens is 1. The Labute approximate surface area is 132 Å². The number of nitrogens with one attached hydrogen (secondary N) is 1. The number of sulfonamides is 1. The summed E-state index contributed by atoms with van der Waals surface area (Å²) in [5.41, 5.74) is 0.465. The van der Waals surface area contributed by atoms with Gasteiger partial charge in [0, 0.05) is 5.38 Å². The molecule has 2 aromatic rings. The van der Waals surface area contributed by atoms with Crippen LogP contribution in [0.5, 0.6) is 0 Å². The van der Waals surface area contributed by atoms with Crippen LogP contribution in [-0.4, -0.2) is 26.5 Å². The van der Waals surface area contributed by atoms with Crippen LogP contribution in [0, 0.1) is 0 Å². The molecule has 6 nitrogen and oxygen atoms in total. The molecule has 0 unspecified atom stereocenters. The van der Waals surface area contributed by atoms with E-state index < -0.39 is 16.0 Å². The Kier molecular flexibility index (Phi) is 4.78. The third-order valence-corrected chi connectivity index (χ3v) is 6.53. The summed E-state index contributed by atoms with van der Waals surface area (Å²) in [7, 11) is -2.36. The first-order valence-corrected chi connectivity index (χ1v) is 9.17. The van der Waals surface area contributed by atoms with Crippen molar-refractivity contribution in [3.05, 3.63) is 27.0 Å². The van der Waals surface area contributed by atoms with Crippen LogP contribution >= 0.6 is 38.6 Å². The summed E-state index contributed by atoms with van der Waals surface area (Å²) in [4.78, 5) is 15.1. The van der Waals surface area contributed by atoms with Crippen LogP contribution in [0.3, 0.4) is 0 Å². The van der Waals surface area contributed by atoms with E-state index in [-0.39, 0.29) is 15.8 Å². The van der Waals surface area contributed by atoms with Gasteiger partial charge in [0.05, 0.1) is 23.0 Å². The molecule has 0 aliphatic carbocycles. The molecular formula is C10H9BrN2O4S3. The molecule has 0 aromatic carbocycles. The number of carbonyl (C=O) groups is 1. The average Bonchev–Trinajstić information content (AvgIpc) is 2.98. The maximum atomic E-state index is 12.1. The number of rotatable bonds is 5. The second-order valence-corrected chi connectivity index (χ2v) is 8.79. The minimum absolute atomic E-state index is 0.0132. The Morgan fingerprint density at radius 1 is 1.50 bits per heavy atom. The molecule has 2 heterocycles. The Hall–Kier alpha value is -0.970. The quantitative estimate of drug-likeness (QED) is 0.784. The first-order chi connectivity index (χ1) is 9.40. The maximum absolute atomic E-state index is 12.1. The van der Waals surface area contributed by atoms with Crippen molar-refractivity contribution in [1.82, 2.24) is 4.98 Å². The molecule has 0 atom stereocenters. The predicted octanol–water partition coefficient (Wildman–Crippen LogP) is 2.48. The minimum atomic E-state index is -3.64. The Bertz CT molecular complexity index is 722. The van der Waals surface area contributed by atoms with E-state index in [1.165, 1.54) is 13.2 Å². The van der Waals surface area contributed by atoms with Crippen molar-refractivity contribution < 1.29 is 17.9 Å². The molecule has 2 rings (SSSR count). The second-order valence-electron chi connectivity index (χ2n) is 3.56. The van der Waals surface area contributed by atoms with Crippen LogP contribution in [0.4, 0.5) is 5.13 Å². The summed E-state index contributed by atoms with van der Waals surface area (Å²) in [6.45, 7) is 0. The molecule has 0 fully saturated rings. The summed E-state index contributed by atoms with van der Waals surface area (Å²) < 4.78 is 31.9. The predicted molar refractivity (Wildman–Crippen MR) is 80.7 cm³/mol. The number of hydrogen-bond donors (Lipinski definition) is 1. The first kappa shape index (κ1) is 15.4. The van der Waals surface area contributed by atoms with Crippen LogP contribution in [-0.2, 0) is 26.0 Å². The van der Waals surface area contributed by atoms with Crippen molar-refractivity contribution in [3.63, 3.8) is 0 Å². The van der Waals surface area contributed by atoms with E-state index in [0.717, 1.165) is 26.5 Å². The number of methoxy groups -OCH3 is 1. The second kappa shape index (κ2) is 6.20. The van der Waals surface area contributed by atoms with Crippen molar-refractivity contribution in [2.24, 2.45) is 0 Å². The highest BCUT2D eigenvalue weighted by Gasteiger charge is 2.18. The lowest BCUT2D eigenvalue weighted by atomic mass is 10.3. The van der Waals surface area contributed by atoms with Gasteiger partial charge in [-0.15, -0.1) is 22.7 Å². The largest absolute Gasteiger partial charge is 0.469 e. The van der Waals surface area contributed by atoms with Gasteiger partial charge < -0.3 is 4.74 Å². The van der Waals surface area contributed by atoms with Crippen molar-refractivity contribution in [1.29, 1.82) is 0 Å². The maximum Gasteiger partial charge on any atom is 0.311 e. The lowest BCUT2D eigenvalue weighted by Crippen LogP contribution is -2.11. The van der Waals surface area contributed by atoms with Crippen molar-refractivity contribution >= 4 is 59.7 Å². The van der Waals surface area contributed by atoms with E-state index in [1.54, 1.807) is 11.4 Å². The summed E-state index contributed by atoms with van der Waals surface area (Å²) in [6.07, 6.45) is 0.0132. The number of esters is 1. The first-order valence-electron chi connectivity index (χ1n) is 5.20. The van der Waals surface area contributed by atoms with E-state index in [4.69, 9.17) is 0 Å². The van der Waals surface area contributed by atoms with Gasteiger partial charge in [0.2, 0.25) is 0 Å². The molecule has 0 amide bonds. The van der Waals surface area contributed by atoms with Gasteiger partial charge in [-0.05, 0) is 28.1 Å². The zero-order valence-corrected chi connectivity index (χ0v) is 14.2. The highest BCUT2D eigenvalue weighted by Crippen LogP contribution is 2.28. The van der Waals surface area contributed by atoms with E-state index in [1.807, 2.05) is 0 Å². The number of ether oxygens (including phenoxy) is 1. The number of carbonyl (C=O) groups excluding carboxylic acids is 1. The Balaban J connectivity index is 2.12. The molecule has 1 N–H and O–H groups in total. The van der Waals surface area contributed by atoms with Crippen LogP contribution < -0.4 is 4.72 Å². The van der Waals surface area contributed by atoms with Crippen LogP contribution in [0.1, 0.15) is 5.69 Å². The fourth-order valence-corrected chi connectivity index (χ4v) is 5.24. The van der Waals surface area contributed by atoms with Crippen molar-refractivity contribution in [2.75, 3.05) is 11.8 Å². The van der Waals surface area contributed by atoms with Gasteiger partial charge >= 0.3 is 5.97 Å². The van der Waals surface area contributed by atoms with Crippen molar-refractivity contribution in [3.8, 4) is 0 Å². The number of hydrogen-bond acceptors (Lipinski definition) is 7. The normalized spacial score (nSPS) is 11.3. The molecule has 10 heteroatoms. The number of aromatic nitrogens is 1. The fraction of sp³-hybridized carbons (Fsp3) is 0.200. The molecule has 0 saturated carbocycles. The zero-order chi connectivity index (χ0) is 14.8. The molecule has 20 heavy (non-hydrogen) atoms. The molecule has 0 aliphatic rings. The van der Waals surface area contributed by atoms with Crippen LogP contribution in [0.15, 0.2) is 25.5 Å². The molecule has 0 aliphatic heterocycles. The van der Waals surface area contributed by atoms with Gasteiger partial charge in [0.1, 0.15) is 4.21 Å². The van der Waals surface area contributed by atoms with E-state index >= 15 is 0 Å². The Morgan fingerprint density at radius 2 is 2.25 bits per heavy atom. The number of anilines is 1. The van der Waals surface area contributed by atoms with Gasteiger partial charge in [0.25, 0.3) is 10.0 Å². The third kappa shape index (κ3) is 3.78. The molecule has 0 spiro atoms. The highest BCUT2D eigenvalue weighted by atomic mass is 79.9. The molecular weight excluding hydrogens is 388 g/mol. The topological polar surface area (TPSA) is 85.4 Å². The molecule has 108 valence electrons. The molecule has 0 saturated heterocycles. The van der Waals surface area contributed by atoms with E-state index in [9.17, 15) is 13.2 Å². The highest BCUT2D eigenvalue weighted by molar-refractivity contribution is 9.11. The molecule has 2 aromatic heterocycles. The van der Waals surface area contributed by atoms with E-state index in [0.29, 0.717) is 5.69 Å². The Morgan fingerprint density at radius 3 is 2.85 bits per heavy atom. The lowest BCUT2D eigenvalue weighted by Gasteiger charge is -2.01. The smallest absolute Gasteiger partial charge is 0.311 e. The average molecular weight is 397 g/mol. The summed E-state index contributed by atoms with van der Waals surface area (Å²) in [6, 6.07) is 3.16. The van der Waals surface area contributed by atoms with Gasteiger partial charge in [-0.3, -0.25) is 9.52 Å². The standard InChI is InChI=1S/C10H9BrN2O4S3/c1-17-8(14)4-6-5-18-10(12-6)13-20(15,16)9-3-2-7(11)19-9/h2-3,5H,4H2,1H3,(H,12,13). The van der Waals surface area contributed by atoms with Gasteiger partial charge in [-0.2, -0.15) is 0 Å². The number of nitrogens with zero attached hydrogens (tertiary/aromatic N) is 1. The van der Waals surface area contributed by atoms with Gasteiger partial charge in [-0.25, -0.2) is 13.4 Å². The van der Waals surface area contributed by atoms with Crippen LogP contribution in [0.2, 0.25) is 0 Å². The monoisotopic (exact) mass is 396 g/mol.